The highest BCUT2D eigenvalue weighted by atomic mass is 32.1. The Morgan fingerprint density at radius 1 is 1.07 bits per heavy atom. The molecule has 0 heterocycles. The highest BCUT2D eigenvalue weighted by Gasteiger charge is 2.33. The molecule has 0 amide bonds. The molecule has 1 atom stereocenters. The van der Waals surface area contributed by atoms with Crippen LogP contribution in [0, 0.1) is 10.8 Å². The molecule has 0 aliphatic carbocycles. The van der Waals surface area contributed by atoms with Gasteiger partial charge < -0.3 is 0 Å². The summed E-state index contributed by atoms with van der Waals surface area (Å²) in [6.07, 6.45) is 5.08. The summed E-state index contributed by atoms with van der Waals surface area (Å²) < 4.78 is 0. The van der Waals surface area contributed by atoms with Gasteiger partial charge in [0.1, 0.15) is 0 Å². The minimum atomic E-state index is 0.375. The lowest BCUT2D eigenvalue weighted by Crippen LogP contribution is -2.32. The van der Waals surface area contributed by atoms with Gasteiger partial charge in [0.05, 0.1) is 0 Å². The second-order valence-corrected chi connectivity index (χ2v) is 6.86. The molecule has 0 aliphatic rings. The average molecular weight is 216 g/mol. The molecule has 1 heteroatoms. The van der Waals surface area contributed by atoms with Crippen LogP contribution in [-0.4, -0.2) is 5.25 Å². The summed E-state index contributed by atoms with van der Waals surface area (Å²) in [4.78, 5) is 0. The van der Waals surface area contributed by atoms with E-state index in [1.807, 2.05) is 0 Å². The highest BCUT2D eigenvalue weighted by Crippen LogP contribution is 2.42. The Labute approximate surface area is 96.3 Å². The van der Waals surface area contributed by atoms with Crippen LogP contribution in [0.5, 0.6) is 0 Å². The minimum absolute atomic E-state index is 0.375. The summed E-state index contributed by atoms with van der Waals surface area (Å²) in [6, 6.07) is 0. The third-order valence-electron chi connectivity index (χ3n) is 3.67. The maximum Gasteiger partial charge on any atom is 0.00220 e. The van der Waals surface area contributed by atoms with Crippen molar-refractivity contribution in [3.05, 3.63) is 0 Å². The van der Waals surface area contributed by atoms with Crippen molar-refractivity contribution in [3.63, 3.8) is 0 Å². The maximum absolute atomic E-state index is 4.69. The Hall–Kier alpha value is 0.350. The van der Waals surface area contributed by atoms with Crippen molar-refractivity contribution in [2.45, 2.75) is 72.5 Å². The third kappa shape index (κ3) is 4.72. The smallest absolute Gasteiger partial charge is 0.00220 e. The van der Waals surface area contributed by atoms with Gasteiger partial charge in [-0.1, -0.05) is 54.4 Å². The van der Waals surface area contributed by atoms with E-state index in [9.17, 15) is 0 Å². The van der Waals surface area contributed by atoms with Crippen molar-refractivity contribution in [1.82, 2.24) is 0 Å². The molecule has 0 fully saturated rings. The standard InChI is InChI=1S/C13H28S/c1-7-8-9-11(14)10-13(5,6)12(2,3)4/h11,14H,7-10H2,1-6H3. The molecule has 0 N–H and O–H groups in total. The molecular weight excluding hydrogens is 188 g/mol. The van der Waals surface area contributed by atoms with E-state index in [1.54, 1.807) is 0 Å². The van der Waals surface area contributed by atoms with E-state index in [2.05, 4.69) is 54.2 Å². The van der Waals surface area contributed by atoms with Gasteiger partial charge in [-0.05, 0) is 23.7 Å². The molecule has 0 aromatic rings. The van der Waals surface area contributed by atoms with E-state index < -0.39 is 0 Å². The molecule has 0 radical (unpaired) electrons. The maximum atomic E-state index is 4.69. The molecule has 0 saturated heterocycles. The van der Waals surface area contributed by atoms with Gasteiger partial charge in [-0.3, -0.25) is 0 Å². The molecule has 0 bridgehead atoms. The van der Waals surface area contributed by atoms with E-state index in [1.165, 1.54) is 25.7 Å². The topological polar surface area (TPSA) is 0 Å². The molecule has 0 nitrogen and oxygen atoms in total. The van der Waals surface area contributed by atoms with Crippen molar-refractivity contribution >= 4 is 12.6 Å². The normalized spacial score (nSPS) is 15.6. The van der Waals surface area contributed by atoms with Gasteiger partial charge in [0.25, 0.3) is 0 Å². The molecule has 86 valence electrons. The lowest BCUT2D eigenvalue weighted by molar-refractivity contribution is 0.118. The molecule has 0 spiro atoms. The Bertz CT molecular complexity index is 153. The van der Waals surface area contributed by atoms with Crippen molar-refractivity contribution in [1.29, 1.82) is 0 Å². The molecule has 0 aromatic heterocycles. The lowest BCUT2D eigenvalue weighted by atomic mass is 9.66. The van der Waals surface area contributed by atoms with Crippen LogP contribution in [0.4, 0.5) is 0 Å². The Morgan fingerprint density at radius 2 is 1.57 bits per heavy atom. The zero-order chi connectivity index (χ0) is 11.4. The quantitative estimate of drug-likeness (QED) is 0.618. The third-order valence-corrected chi connectivity index (χ3v) is 4.11. The number of hydrogen-bond donors (Lipinski definition) is 1. The molecule has 0 aromatic carbocycles. The molecule has 0 aliphatic heterocycles. The second kappa shape index (κ2) is 5.44. The summed E-state index contributed by atoms with van der Waals surface area (Å²) in [5.41, 5.74) is 0.757. The molecule has 1 unspecified atom stereocenters. The van der Waals surface area contributed by atoms with Crippen LogP contribution in [0.1, 0.15) is 67.2 Å². The Morgan fingerprint density at radius 3 is 1.93 bits per heavy atom. The van der Waals surface area contributed by atoms with E-state index in [4.69, 9.17) is 0 Å². The first kappa shape index (κ1) is 14.3. The first-order valence-electron chi connectivity index (χ1n) is 5.89. The lowest BCUT2D eigenvalue weighted by Gasteiger charge is -2.40. The predicted octanol–water partition coefficient (Wildman–Crippen LogP) is 4.94. The van der Waals surface area contributed by atoms with Crippen LogP contribution < -0.4 is 0 Å². The number of rotatable bonds is 5. The summed E-state index contributed by atoms with van der Waals surface area (Å²) in [6.45, 7) is 14.0. The second-order valence-electron chi connectivity index (χ2n) is 6.13. The van der Waals surface area contributed by atoms with Crippen LogP contribution in [0.25, 0.3) is 0 Å². The van der Waals surface area contributed by atoms with Crippen molar-refractivity contribution in [2.75, 3.05) is 0 Å². The van der Waals surface area contributed by atoms with E-state index >= 15 is 0 Å². The Kier molecular flexibility index (Phi) is 5.57. The number of unbranched alkanes of at least 4 members (excludes halogenated alkanes) is 1. The summed E-state index contributed by atoms with van der Waals surface area (Å²) in [7, 11) is 0. The average Bonchev–Trinajstić information content (AvgIpc) is 1.97. The van der Waals surface area contributed by atoms with Gasteiger partial charge in [-0.25, -0.2) is 0 Å². The van der Waals surface area contributed by atoms with Gasteiger partial charge >= 0.3 is 0 Å². The van der Waals surface area contributed by atoms with E-state index in [0.717, 1.165) is 0 Å². The van der Waals surface area contributed by atoms with Crippen molar-refractivity contribution in [2.24, 2.45) is 10.8 Å². The summed E-state index contributed by atoms with van der Waals surface area (Å²) >= 11 is 4.69. The zero-order valence-electron chi connectivity index (χ0n) is 10.9. The van der Waals surface area contributed by atoms with Gasteiger partial charge in [0.15, 0.2) is 0 Å². The zero-order valence-corrected chi connectivity index (χ0v) is 11.7. The van der Waals surface area contributed by atoms with Crippen LogP contribution in [-0.2, 0) is 0 Å². The molecule has 0 rings (SSSR count). The first-order valence-corrected chi connectivity index (χ1v) is 6.40. The van der Waals surface area contributed by atoms with Crippen LogP contribution in [0.2, 0.25) is 0 Å². The van der Waals surface area contributed by atoms with E-state index in [0.29, 0.717) is 16.1 Å². The predicted molar refractivity (Wildman–Crippen MR) is 70.2 cm³/mol. The largest absolute Gasteiger partial charge is 0.176 e. The minimum Gasteiger partial charge on any atom is -0.176 e. The van der Waals surface area contributed by atoms with Gasteiger partial charge in [0, 0.05) is 5.25 Å². The molecule has 14 heavy (non-hydrogen) atoms. The van der Waals surface area contributed by atoms with E-state index in [-0.39, 0.29) is 0 Å². The summed E-state index contributed by atoms with van der Waals surface area (Å²) in [5, 5.41) is 0.573. The summed E-state index contributed by atoms with van der Waals surface area (Å²) in [5.74, 6) is 0. The fraction of sp³-hybridized carbons (Fsp3) is 1.00. The van der Waals surface area contributed by atoms with Crippen LogP contribution in [0.15, 0.2) is 0 Å². The highest BCUT2D eigenvalue weighted by molar-refractivity contribution is 7.80. The van der Waals surface area contributed by atoms with Crippen molar-refractivity contribution in [3.8, 4) is 0 Å². The number of hydrogen-bond acceptors (Lipinski definition) is 1. The van der Waals surface area contributed by atoms with Gasteiger partial charge in [-0.2, -0.15) is 12.6 Å². The van der Waals surface area contributed by atoms with Gasteiger partial charge in [-0.15, -0.1) is 0 Å². The van der Waals surface area contributed by atoms with Gasteiger partial charge in [0.2, 0.25) is 0 Å². The SMILES string of the molecule is CCCCC(S)CC(C)(C)C(C)(C)C. The molecule has 0 saturated carbocycles. The number of thiol groups is 1. The van der Waals surface area contributed by atoms with Crippen molar-refractivity contribution < 1.29 is 0 Å². The fourth-order valence-corrected chi connectivity index (χ4v) is 2.08. The monoisotopic (exact) mass is 216 g/mol. The van der Waals surface area contributed by atoms with Crippen LogP contribution >= 0.6 is 12.6 Å². The first-order chi connectivity index (χ1) is 6.20. The molecular formula is C13H28S. The fourth-order valence-electron chi connectivity index (χ4n) is 1.44. The van der Waals surface area contributed by atoms with Crippen LogP contribution in [0.3, 0.4) is 0 Å². The Balaban J connectivity index is 4.08.